The summed E-state index contributed by atoms with van der Waals surface area (Å²) in [6, 6.07) is 0.550. The molecular weight excluding hydrogens is 220 g/mol. The van der Waals surface area contributed by atoms with Gasteiger partial charge in [-0.05, 0) is 45.6 Å². The van der Waals surface area contributed by atoms with Gasteiger partial charge in [0.25, 0.3) is 0 Å². The highest BCUT2D eigenvalue weighted by atomic mass is 32.2. The first-order valence-corrected chi connectivity index (χ1v) is 7.46. The molecule has 0 heterocycles. The summed E-state index contributed by atoms with van der Waals surface area (Å²) in [4.78, 5) is 11.7. The molecule has 16 heavy (non-hydrogen) atoms. The van der Waals surface area contributed by atoms with Gasteiger partial charge in [-0.2, -0.15) is 11.8 Å². The van der Waals surface area contributed by atoms with Crippen LogP contribution in [-0.2, 0) is 4.79 Å². The molecule has 0 aliphatic rings. The summed E-state index contributed by atoms with van der Waals surface area (Å²) < 4.78 is 0. The normalized spacial score (nSPS) is 16.6. The SMILES string of the molecule is CCC(C)NC(=O)C(C)NC(C)CCSC. The Hall–Kier alpha value is -0.220. The molecule has 0 bridgehead atoms. The Labute approximate surface area is 104 Å². The van der Waals surface area contributed by atoms with E-state index in [1.165, 1.54) is 0 Å². The molecule has 3 unspecified atom stereocenters. The summed E-state index contributed by atoms with van der Waals surface area (Å²) in [6.07, 6.45) is 4.17. The second-order valence-electron chi connectivity index (χ2n) is 4.39. The van der Waals surface area contributed by atoms with Crippen LogP contribution in [0.3, 0.4) is 0 Å². The number of carbonyl (C=O) groups excluding carboxylic acids is 1. The van der Waals surface area contributed by atoms with Crippen LogP contribution in [0, 0.1) is 0 Å². The molecule has 0 saturated carbocycles. The summed E-state index contributed by atoms with van der Waals surface area (Å²) in [5.41, 5.74) is 0. The number of rotatable bonds is 8. The molecule has 3 atom stereocenters. The summed E-state index contributed by atoms with van der Waals surface area (Å²) in [7, 11) is 0. The van der Waals surface area contributed by atoms with Crippen LogP contribution in [0.4, 0.5) is 0 Å². The summed E-state index contributed by atoms with van der Waals surface area (Å²) in [5.74, 6) is 1.23. The fourth-order valence-corrected chi connectivity index (χ4v) is 1.94. The third-order valence-corrected chi connectivity index (χ3v) is 3.33. The molecule has 3 nitrogen and oxygen atoms in total. The summed E-state index contributed by atoms with van der Waals surface area (Å²) in [6.45, 7) is 8.16. The lowest BCUT2D eigenvalue weighted by Gasteiger charge is -2.21. The van der Waals surface area contributed by atoms with E-state index < -0.39 is 0 Å². The van der Waals surface area contributed by atoms with Crippen molar-refractivity contribution in [3.8, 4) is 0 Å². The number of nitrogens with one attached hydrogen (secondary N) is 2. The first-order valence-electron chi connectivity index (χ1n) is 6.06. The van der Waals surface area contributed by atoms with Crippen molar-refractivity contribution < 1.29 is 4.79 Å². The molecule has 0 aliphatic carbocycles. The highest BCUT2D eigenvalue weighted by molar-refractivity contribution is 7.98. The predicted molar refractivity (Wildman–Crippen MR) is 73.0 cm³/mol. The molecule has 0 spiro atoms. The maximum Gasteiger partial charge on any atom is 0.237 e. The van der Waals surface area contributed by atoms with E-state index in [0.29, 0.717) is 6.04 Å². The molecule has 4 heteroatoms. The van der Waals surface area contributed by atoms with Crippen molar-refractivity contribution in [3.05, 3.63) is 0 Å². The quantitative estimate of drug-likeness (QED) is 0.688. The standard InChI is InChI=1S/C12H26N2OS/c1-6-9(2)14-12(15)11(4)13-10(3)7-8-16-5/h9-11,13H,6-8H2,1-5H3,(H,14,15). The van der Waals surface area contributed by atoms with Gasteiger partial charge < -0.3 is 10.6 Å². The van der Waals surface area contributed by atoms with Crippen LogP contribution >= 0.6 is 11.8 Å². The lowest BCUT2D eigenvalue weighted by molar-refractivity contribution is -0.123. The monoisotopic (exact) mass is 246 g/mol. The van der Waals surface area contributed by atoms with Gasteiger partial charge >= 0.3 is 0 Å². The molecule has 1 amide bonds. The molecule has 0 aromatic heterocycles. The van der Waals surface area contributed by atoms with Gasteiger partial charge in [-0.1, -0.05) is 6.92 Å². The van der Waals surface area contributed by atoms with Crippen molar-refractivity contribution in [1.82, 2.24) is 10.6 Å². The summed E-state index contributed by atoms with van der Waals surface area (Å²) in [5, 5.41) is 6.30. The van der Waals surface area contributed by atoms with Crippen LogP contribution in [0.1, 0.15) is 40.5 Å². The minimum absolute atomic E-state index is 0.102. The highest BCUT2D eigenvalue weighted by Gasteiger charge is 2.16. The van der Waals surface area contributed by atoms with Gasteiger partial charge in [0.05, 0.1) is 6.04 Å². The van der Waals surface area contributed by atoms with Crippen LogP contribution in [0.5, 0.6) is 0 Å². The van der Waals surface area contributed by atoms with Crippen LogP contribution in [0.25, 0.3) is 0 Å². The molecule has 0 saturated heterocycles. The predicted octanol–water partition coefficient (Wildman–Crippen LogP) is 2.02. The average Bonchev–Trinajstić information content (AvgIpc) is 2.25. The third-order valence-electron chi connectivity index (χ3n) is 2.68. The fourth-order valence-electron chi connectivity index (χ4n) is 1.35. The second kappa shape index (κ2) is 8.88. The molecule has 0 aromatic carbocycles. The number of hydrogen-bond donors (Lipinski definition) is 2. The Bertz CT molecular complexity index is 199. The van der Waals surface area contributed by atoms with E-state index in [1.807, 2.05) is 25.6 Å². The Morgan fingerprint density at radius 3 is 2.38 bits per heavy atom. The van der Waals surface area contributed by atoms with Crippen molar-refractivity contribution in [2.75, 3.05) is 12.0 Å². The van der Waals surface area contributed by atoms with E-state index in [2.05, 4.69) is 30.7 Å². The maximum atomic E-state index is 11.7. The summed E-state index contributed by atoms with van der Waals surface area (Å²) >= 11 is 1.84. The van der Waals surface area contributed by atoms with Gasteiger partial charge in [0.1, 0.15) is 0 Å². The van der Waals surface area contributed by atoms with Gasteiger partial charge in [-0.3, -0.25) is 4.79 Å². The molecule has 96 valence electrons. The van der Waals surface area contributed by atoms with Crippen LogP contribution in [0.15, 0.2) is 0 Å². The van der Waals surface area contributed by atoms with Gasteiger partial charge in [0.15, 0.2) is 0 Å². The first kappa shape index (κ1) is 15.8. The van der Waals surface area contributed by atoms with Gasteiger partial charge in [0.2, 0.25) is 5.91 Å². The van der Waals surface area contributed by atoms with Crippen molar-refractivity contribution in [2.45, 2.75) is 58.7 Å². The van der Waals surface area contributed by atoms with Gasteiger partial charge in [0, 0.05) is 12.1 Å². The minimum Gasteiger partial charge on any atom is -0.352 e. The van der Waals surface area contributed by atoms with Gasteiger partial charge in [-0.25, -0.2) is 0 Å². The molecule has 0 fully saturated rings. The van der Waals surface area contributed by atoms with Crippen LogP contribution in [-0.4, -0.2) is 36.0 Å². The van der Waals surface area contributed by atoms with Crippen LogP contribution < -0.4 is 10.6 Å². The lowest BCUT2D eigenvalue weighted by Crippen LogP contribution is -2.48. The Morgan fingerprint density at radius 1 is 1.25 bits per heavy atom. The highest BCUT2D eigenvalue weighted by Crippen LogP contribution is 2.01. The number of amides is 1. The zero-order valence-electron chi connectivity index (χ0n) is 11.2. The van der Waals surface area contributed by atoms with Gasteiger partial charge in [-0.15, -0.1) is 0 Å². The fraction of sp³-hybridized carbons (Fsp3) is 0.917. The minimum atomic E-state index is -0.106. The van der Waals surface area contributed by atoms with E-state index in [-0.39, 0.29) is 18.0 Å². The van der Waals surface area contributed by atoms with E-state index in [4.69, 9.17) is 0 Å². The number of thioether (sulfide) groups is 1. The molecule has 2 N–H and O–H groups in total. The van der Waals surface area contributed by atoms with Crippen molar-refractivity contribution in [1.29, 1.82) is 0 Å². The molecule has 0 aromatic rings. The van der Waals surface area contributed by atoms with Crippen molar-refractivity contribution >= 4 is 17.7 Å². The molecule has 0 radical (unpaired) electrons. The Morgan fingerprint density at radius 2 is 1.88 bits per heavy atom. The Kier molecular flexibility index (Phi) is 8.76. The number of hydrogen-bond acceptors (Lipinski definition) is 3. The topological polar surface area (TPSA) is 41.1 Å². The molecule has 0 rings (SSSR count). The van der Waals surface area contributed by atoms with E-state index in [1.54, 1.807) is 0 Å². The molecule has 0 aliphatic heterocycles. The second-order valence-corrected chi connectivity index (χ2v) is 5.37. The molecular formula is C12H26N2OS. The van der Waals surface area contributed by atoms with Crippen LogP contribution in [0.2, 0.25) is 0 Å². The zero-order valence-corrected chi connectivity index (χ0v) is 12.0. The van der Waals surface area contributed by atoms with Crippen molar-refractivity contribution in [2.24, 2.45) is 0 Å². The first-order chi connectivity index (χ1) is 7.51. The van der Waals surface area contributed by atoms with E-state index in [9.17, 15) is 4.79 Å². The van der Waals surface area contributed by atoms with Crippen molar-refractivity contribution in [3.63, 3.8) is 0 Å². The largest absolute Gasteiger partial charge is 0.352 e. The smallest absolute Gasteiger partial charge is 0.237 e. The zero-order chi connectivity index (χ0) is 12.6. The van der Waals surface area contributed by atoms with E-state index in [0.717, 1.165) is 18.6 Å². The number of carbonyl (C=O) groups is 1. The maximum absolute atomic E-state index is 11.7. The Balaban J connectivity index is 3.85. The lowest BCUT2D eigenvalue weighted by atomic mass is 10.2. The van der Waals surface area contributed by atoms with E-state index >= 15 is 0 Å². The average molecular weight is 246 g/mol. The third kappa shape index (κ3) is 7.12.